The predicted molar refractivity (Wildman–Crippen MR) is 80.7 cm³/mol. The highest BCUT2D eigenvalue weighted by Crippen LogP contribution is 2.29. The second-order valence-electron chi connectivity index (χ2n) is 4.37. The number of anilines is 1. The Labute approximate surface area is 139 Å². The van der Waals surface area contributed by atoms with Crippen LogP contribution in [0.4, 0.5) is 27.6 Å². The summed E-state index contributed by atoms with van der Waals surface area (Å²) in [7, 11) is 0. The van der Waals surface area contributed by atoms with Crippen molar-refractivity contribution in [2.75, 3.05) is 11.9 Å². The number of rotatable bonds is 4. The number of ether oxygens (including phenoxy) is 2. The molecule has 2 rings (SSSR count). The zero-order valence-corrected chi connectivity index (χ0v) is 12.9. The molecule has 0 bridgehead atoms. The van der Waals surface area contributed by atoms with E-state index in [2.05, 4.69) is 10.1 Å². The number of thiocarbonyl (C=S) groups is 1. The molecule has 9 heteroatoms. The fraction of sp³-hybridized carbons (Fsp3) is 0.133. The molecule has 0 atom stereocenters. The maximum absolute atomic E-state index is 13.5. The van der Waals surface area contributed by atoms with Gasteiger partial charge in [0, 0.05) is 11.8 Å². The first kappa shape index (κ1) is 17.9. The van der Waals surface area contributed by atoms with Crippen molar-refractivity contribution in [1.82, 2.24) is 0 Å². The molecule has 0 fully saturated rings. The fourth-order valence-corrected chi connectivity index (χ4v) is 1.94. The molecule has 0 heterocycles. The molecule has 2 aromatic rings. The molecule has 0 amide bonds. The lowest BCUT2D eigenvalue weighted by Gasteiger charge is -2.12. The highest BCUT2D eigenvalue weighted by Gasteiger charge is 2.27. The lowest BCUT2D eigenvalue weighted by Crippen LogP contribution is -2.19. The zero-order chi connectivity index (χ0) is 17.9. The van der Waals surface area contributed by atoms with Crippen LogP contribution in [0.15, 0.2) is 24.3 Å². The van der Waals surface area contributed by atoms with E-state index in [1.165, 1.54) is 12.1 Å². The summed E-state index contributed by atoms with van der Waals surface area (Å²) in [6, 6.07) is 6.31. The van der Waals surface area contributed by atoms with Gasteiger partial charge in [-0.3, -0.25) is 0 Å². The van der Waals surface area contributed by atoms with E-state index in [1.807, 2.05) is 0 Å². The lowest BCUT2D eigenvalue weighted by atomic mass is 10.2. The van der Waals surface area contributed by atoms with Crippen LogP contribution in [-0.4, -0.2) is 11.8 Å². The van der Waals surface area contributed by atoms with Gasteiger partial charge in [0.15, 0.2) is 0 Å². The Kier molecular flexibility index (Phi) is 5.55. The van der Waals surface area contributed by atoms with Crippen LogP contribution in [0.1, 0.15) is 6.92 Å². The van der Waals surface area contributed by atoms with Crippen molar-refractivity contribution in [1.29, 1.82) is 0 Å². The number of hydrogen-bond acceptors (Lipinski definition) is 3. The van der Waals surface area contributed by atoms with Crippen LogP contribution in [-0.2, 0) is 0 Å². The van der Waals surface area contributed by atoms with Crippen LogP contribution in [0.2, 0.25) is 0 Å². The highest BCUT2D eigenvalue weighted by atomic mass is 32.1. The molecule has 0 saturated heterocycles. The largest absolute Gasteiger partial charge is 0.494 e. The van der Waals surface area contributed by atoms with Crippen LogP contribution < -0.4 is 14.8 Å². The van der Waals surface area contributed by atoms with Crippen LogP contribution in [0.3, 0.4) is 0 Å². The van der Waals surface area contributed by atoms with Crippen LogP contribution in [0.25, 0.3) is 0 Å². The Bertz CT molecular complexity index is 756. The molecule has 0 aliphatic rings. The van der Waals surface area contributed by atoms with Gasteiger partial charge < -0.3 is 14.8 Å². The van der Waals surface area contributed by atoms with E-state index in [9.17, 15) is 22.0 Å². The molecular formula is C15H10F5NO2S. The summed E-state index contributed by atoms with van der Waals surface area (Å²) in [5, 5.41) is 1.85. The molecule has 0 aliphatic heterocycles. The van der Waals surface area contributed by atoms with Crippen molar-refractivity contribution in [2.24, 2.45) is 0 Å². The standard InChI is InChI=1S/C15H10F5NO2S/c1-2-22-8-5-3-4-7(6-8)21-15(24)23-14-12(19)10(17)9(16)11(18)13(14)20/h3-6H,2H2,1H3,(H,21,24). The maximum Gasteiger partial charge on any atom is 0.266 e. The summed E-state index contributed by atoms with van der Waals surface area (Å²) in [5.74, 6) is -11.7. The molecule has 0 spiro atoms. The van der Waals surface area contributed by atoms with E-state index in [-0.39, 0.29) is 0 Å². The molecule has 0 radical (unpaired) electrons. The molecule has 0 saturated carbocycles. The van der Waals surface area contributed by atoms with Crippen molar-refractivity contribution in [2.45, 2.75) is 6.92 Å². The van der Waals surface area contributed by atoms with E-state index in [0.29, 0.717) is 18.0 Å². The Hall–Kier alpha value is -2.42. The third kappa shape index (κ3) is 3.73. The Morgan fingerprint density at radius 2 is 1.58 bits per heavy atom. The molecule has 0 aromatic heterocycles. The van der Waals surface area contributed by atoms with E-state index in [0.717, 1.165) is 0 Å². The molecular weight excluding hydrogens is 353 g/mol. The topological polar surface area (TPSA) is 30.5 Å². The molecule has 3 nitrogen and oxygen atoms in total. The number of halogens is 5. The molecule has 0 unspecified atom stereocenters. The van der Waals surface area contributed by atoms with Gasteiger partial charge in [-0.2, -0.15) is 8.78 Å². The van der Waals surface area contributed by atoms with E-state index >= 15 is 0 Å². The predicted octanol–water partition coefficient (Wildman–Crippen LogP) is 4.56. The van der Waals surface area contributed by atoms with Gasteiger partial charge in [-0.15, -0.1) is 0 Å². The van der Waals surface area contributed by atoms with Gasteiger partial charge >= 0.3 is 0 Å². The quantitative estimate of drug-likeness (QED) is 0.373. The Morgan fingerprint density at radius 3 is 2.17 bits per heavy atom. The highest BCUT2D eigenvalue weighted by molar-refractivity contribution is 7.80. The summed E-state index contributed by atoms with van der Waals surface area (Å²) in [4.78, 5) is 0. The monoisotopic (exact) mass is 363 g/mol. The van der Waals surface area contributed by atoms with E-state index in [4.69, 9.17) is 17.0 Å². The summed E-state index contributed by atoms with van der Waals surface area (Å²) < 4.78 is 76.0. The average molecular weight is 363 g/mol. The third-order valence-corrected chi connectivity index (χ3v) is 2.94. The minimum Gasteiger partial charge on any atom is -0.494 e. The normalized spacial score (nSPS) is 10.4. The Morgan fingerprint density at radius 1 is 1.00 bits per heavy atom. The summed E-state index contributed by atoms with van der Waals surface area (Å²) in [5.41, 5.74) is 0.342. The molecule has 1 N–H and O–H groups in total. The van der Waals surface area contributed by atoms with Crippen molar-refractivity contribution < 1.29 is 31.4 Å². The van der Waals surface area contributed by atoms with Crippen molar-refractivity contribution in [3.05, 3.63) is 53.4 Å². The van der Waals surface area contributed by atoms with Gasteiger partial charge in [-0.05, 0) is 31.3 Å². The number of nitrogens with one attached hydrogen (secondary N) is 1. The van der Waals surface area contributed by atoms with Gasteiger partial charge in [-0.1, -0.05) is 6.07 Å². The van der Waals surface area contributed by atoms with Gasteiger partial charge in [0.25, 0.3) is 5.17 Å². The third-order valence-electron chi connectivity index (χ3n) is 2.76. The molecule has 2 aromatic carbocycles. The minimum atomic E-state index is -2.28. The van der Waals surface area contributed by atoms with Gasteiger partial charge in [0.1, 0.15) is 5.75 Å². The Balaban J connectivity index is 2.20. The van der Waals surface area contributed by atoms with Crippen LogP contribution >= 0.6 is 12.2 Å². The molecule has 128 valence electrons. The second-order valence-corrected chi connectivity index (χ2v) is 4.75. The van der Waals surface area contributed by atoms with Crippen LogP contribution in [0.5, 0.6) is 11.5 Å². The lowest BCUT2D eigenvalue weighted by molar-refractivity contribution is 0.340. The first-order chi connectivity index (χ1) is 11.3. The van der Waals surface area contributed by atoms with Crippen molar-refractivity contribution in [3.63, 3.8) is 0 Å². The molecule has 24 heavy (non-hydrogen) atoms. The first-order valence-corrected chi connectivity index (χ1v) is 6.99. The van der Waals surface area contributed by atoms with Crippen LogP contribution in [0, 0.1) is 29.1 Å². The summed E-state index contributed by atoms with van der Waals surface area (Å²) >= 11 is 4.72. The van der Waals surface area contributed by atoms with Gasteiger partial charge in [0.05, 0.1) is 6.61 Å². The maximum atomic E-state index is 13.5. The fourth-order valence-electron chi connectivity index (χ4n) is 1.74. The smallest absolute Gasteiger partial charge is 0.266 e. The molecule has 0 aliphatic carbocycles. The zero-order valence-electron chi connectivity index (χ0n) is 12.1. The van der Waals surface area contributed by atoms with Crippen molar-refractivity contribution in [3.8, 4) is 11.5 Å². The SMILES string of the molecule is CCOc1cccc(NC(=S)Oc2c(F)c(F)c(F)c(F)c2F)c1. The summed E-state index contributed by atoms with van der Waals surface area (Å²) in [6.45, 7) is 2.19. The van der Waals surface area contributed by atoms with Crippen molar-refractivity contribution >= 4 is 23.1 Å². The van der Waals surface area contributed by atoms with Gasteiger partial charge in [0.2, 0.25) is 34.8 Å². The number of hydrogen-bond donors (Lipinski definition) is 1. The summed E-state index contributed by atoms with van der Waals surface area (Å²) in [6.07, 6.45) is 0. The number of benzene rings is 2. The average Bonchev–Trinajstić information content (AvgIpc) is 2.56. The van der Waals surface area contributed by atoms with Gasteiger partial charge in [-0.25, -0.2) is 13.2 Å². The second kappa shape index (κ2) is 7.43. The minimum absolute atomic E-state index is 0.342. The first-order valence-electron chi connectivity index (χ1n) is 6.58. The van der Waals surface area contributed by atoms with E-state index in [1.54, 1.807) is 19.1 Å². The van der Waals surface area contributed by atoms with E-state index < -0.39 is 40.0 Å².